The molecule has 0 aliphatic heterocycles. The Kier molecular flexibility index (Phi) is 34.4. The minimum Gasteiger partial charge on any atom is -0.462 e. The van der Waals surface area contributed by atoms with Gasteiger partial charge in [0.25, 0.3) is 0 Å². The van der Waals surface area contributed by atoms with Crippen molar-refractivity contribution in [3.05, 3.63) is 36.5 Å². The standard InChI is InChI=1S/C40H73O9P/c1-3-5-7-9-11-12-13-14-15-16-17-18-19-21-25-29-33-39(42)47-35-38(36-48-50(44,45)46)49-40(43)34-30-26-22-24-28-32-37(41)31-27-23-20-10-8-6-4-2/h6,8,20,23,27,31,37-38,41H,3-5,7,9-19,21-22,24-26,28-30,32-36H2,1-2H3,(H2,44,45,46)/b8-6+,23-20+,31-27+/t37?,38-/m1/s1. The molecule has 0 aromatic carbocycles. The fraction of sp³-hybridized carbons (Fsp3) is 0.800. The Balaban J connectivity index is 4.01. The van der Waals surface area contributed by atoms with Crippen LogP contribution < -0.4 is 0 Å². The smallest absolute Gasteiger partial charge is 0.462 e. The third-order valence-corrected chi connectivity index (χ3v) is 9.01. The Hall–Kier alpha value is -1.77. The molecule has 0 bridgehead atoms. The molecule has 3 N–H and O–H groups in total. The monoisotopic (exact) mass is 728 g/mol. The van der Waals surface area contributed by atoms with Crippen LogP contribution in [0.5, 0.6) is 0 Å². The van der Waals surface area contributed by atoms with Crippen molar-refractivity contribution in [3.8, 4) is 0 Å². The molecule has 0 amide bonds. The highest BCUT2D eigenvalue weighted by atomic mass is 31.2. The van der Waals surface area contributed by atoms with Crippen LogP contribution in [-0.4, -0.2) is 52.3 Å². The van der Waals surface area contributed by atoms with Gasteiger partial charge in [-0.3, -0.25) is 14.1 Å². The summed E-state index contributed by atoms with van der Waals surface area (Å²) in [6, 6.07) is 0. The van der Waals surface area contributed by atoms with Crippen LogP contribution in [0.15, 0.2) is 36.5 Å². The molecule has 10 heteroatoms. The number of unbranched alkanes of at least 4 members (excludes halogenated alkanes) is 19. The Bertz CT molecular complexity index is 928. The molecule has 0 aromatic rings. The van der Waals surface area contributed by atoms with Crippen LogP contribution in [0.25, 0.3) is 0 Å². The first-order chi connectivity index (χ1) is 24.2. The average molecular weight is 729 g/mol. The van der Waals surface area contributed by atoms with Crippen LogP contribution >= 0.6 is 7.82 Å². The molecule has 292 valence electrons. The van der Waals surface area contributed by atoms with Gasteiger partial charge in [0.2, 0.25) is 0 Å². The molecule has 0 aliphatic rings. The zero-order valence-electron chi connectivity index (χ0n) is 31.7. The van der Waals surface area contributed by atoms with E-state index >= 15 is 0 Å². The molecular formula is C40H73O9P. The Morgan fingerprint density at radius 2 is 1.12 bits per heavy atom. The molecule has 0 aliphatic carbocycles. The number of allylic oxidation sites excluding steroid dienone is 5. The van der Waals surface area contributed by atoms with E-state index in [1.807, 2.05) is 18.2 Å². The lowest BCUT2D eigenvalue weighted by Crippen LogP contribution is -2.29. The van der Waals surface area contributed by atoms with Gasteiger partial charge in [0.1, 0.15) is 6.61 Å². The lowest BCUT2D eigenvalue weighted by molar-refractivity contribution is -0.161. The number of esters is 2. The van der Waals surface area contributed by atoms with E-state index in [4.69, 9.17) is 19.3 Å². The molecule has 0 fully saturated rings. The number of phosphoric acid groups is 1. The third-order valence-electron chi connectivity index (χ3n) is 8.53. The van der Waals surface area contributed by atoms with Crippen molar-refractivity contribution >= 4 is 19.8 Å². The first-order valence-corrected chi connectivity index (χ1v) is 21.4. The van der Waals surface area contributed by atoms with E-state index in [2.05, 4.69) is 30.5 Å². The van der Waals surface area contributed by atoms with Crippen LogP contribution in [0.4, 0.5) is 0 Å². The second-order valence-electron chi connectivity index (χ2n) is 13.4. The molecule has 0 heterocycles. The highest BCUT2D eigenvalue weighted by molar-refractivity contribution is 7.46. The van der Waals surface area contributed by atoms with E-state index in [9.17, 15) is 19.3 Å². The number of ether oxygens (including phenoxy) is 2. The van der Waals surface area contributed by atoms with E-state index in [1.165, 1.54) is 83.5 Å². The van der Waals surface area contributed by atoms with Crippen molar-refractivity contribution < 1.29 is 43.0 Å². The van der Waals surface area contributed by atoms with Gasteiger partial charge in [-0.2, -0.15) is 0 Å². The van der Waals surface area contributed by atoms with Gasteiger partial charge in [0, 0.05) is 12.8 Å². The molecule has 0 aromatic heterocycles. The molecule has 0 radical (unpaired) electrons. The molecule has 0 spiro atoms. The number of hydrogen-bond acceptors (Lipinski definition) is 7. The van der Waals surface area contributed by atoms with E-state index in [-0.39, 0.29) is 19.4 Å². The number of hydrogen-bond donors (Lipinski definition) is 3. The second-order valence-corrected chi connectivity index (χ2v) is 14.7. The molecule has 0 saturated carbocycles. The third kappa shape index (κ3) is 37.5. The van der Waals surface area contributed by atoms with Gasteiger partial charge in [-0.1, -0.05) is 172 Å². The van der Waals surface area contributed by atoms with Crippen molar-refractivity contribution in [1.82, 2.24) is 0 Å². The number of carbonyl (C=O) groups excluding carboxylic acids is 2. The number of carbonyl (C=O) groups is 2. The summed E-state index contributed by atoms with van der Waals surface area (Å²) in [6.07, 6.45) is 37.4. The fourth-order valence-corrected chi connectivity index (χ4v) is 5.92. The van der Waals surface area contributed by atoms with E-state index in [1.54, 1.807) is 6.08 Å². The van der Waals surface area contributed by atoms with Crippen LogP contribution in [0.2, 0.25) is 0 Å². The van der Waals surface area contributed by atoms with Crippen LogP contribution in [0.1, 0.15) is 181 Å². The SMILES string of the molecule is CC/C=C/C/C=C/C=C/C(O)CCCCCCCC(=O)O[C@H](COC(=O)CCCCCCCCCCCCCCCCCC)COP(=O)(O)O. The maximum Gasteiger partial charge on any atom is 0.469 e. The summed E-state index contributed by atoms with van der Waals surface area (Å²) in [6.45, 7) is 3.48. The number of phosphoric ester groups is 1. The molecule has 2 atom stereocenters. The summed E-state index contributed by atoms with van der Waals surface area (Å²) in [5, 5.41) is 10.1. The maximum atomic E-state index is 12.4. The lowest BCUT2D eigenvalue weighted by Gasteiger charge is -2.18. The predicted molar refractivity (Wildman–Crippen MR) is 204 cm³/mol. The fourth-order valence-electron chi connectivity index (χ4n) is 5.56. The minimum absolute atomic E-state index is 0.144. The quantitative estimate of drug-likeness (QED) is 0.0189. The molecule has 0 rings (SSSR count). The van der Waals surface area contributed by atoms with Gasteiger partial charge in [0.15, 0.2) is 6.10 Å². The number of rotatable bonds is 36. The highest BCUT2D eigenvalue weighted by Gasteiger charge is 2.22. The first kappa shape index (κ1) is 48.2. The molecule has 1 unspecified atom stereocenters. The van der Waals surface area contributed by atoms with Crippen molar-refractivity contribution in [3.63, 3.8) is 0 Å². The lowest BCUT2D eigenvalue weighted by atomic mass is 10.0. The van der Waals surface area contributed by atoms with Crippen LogP contribution in [-0.2, 0) is 28.2 Å². The normalized spacial score (nSPS) is 13.5. The minimum atomic E-state index is -4.78. The van der Waals surface area contributed by atoms with Gasteiger partial charge in [-0.05, 0) is 32.1 Å². The molecular weight excluding hydrogens is 655 g/mol. The summed E-state index contributed by atoms with van der Waals surface area (Å²) < 4.78 is 26.3. The predicted octanol–water partition coefficient (Wildman–Crippen LogP) is 10.8. The average Bonchev–Trinajstić information content (AvgIpc) is 3.08. The van der Waals surface area contributed by atoms with Crippen molar-refractivity contribution in [1.29, 1.82) is 0 Å². The topological polar surface area (TPSA) is 140 Å². The van der Waals surface area contributed by atoms with Gasteiger partial charge in [-0.15, -0.1) is 0 Å². The molecule has 0 saturated heterocycles. The zero-order chi connectivity index (χ0) is 37.0. The Morgan fingerprint density at radius 3 is 1.64 bits per heavy atom. The first-order valence-electron chi connectivity index (χ1n) is 19.9. The van der Waals surface area contributed by atoms with Crippen molar-refractivity contribution in [2.75, 3.05) is 13.2 Å². The largest absolute Gasteiger partial charge is 0.469 e. The second kappa shape index (κ2) is 35.6. The Morgan fingerprint density at radius 1 is 0.620 bits per heavy atom. The maximum absolute atomic E-state index is 12.4. The summed E-state index contributed by atoms with van der Waals surface area (Å²) in [5.74, 6) is -0.957. The Labute approximate surface area is 304 Å². The van der Waals surface area contributed by atoms with Crippen molar-refractivity contribution in [2.45, 2.75) is 193 Å². The zero-order valence-corrected chi connectivity index (χ0v) is 32.6. The van der Waals surface area contributed by atoms with Crippen LogP contribution in [0.3, 0.4) is 0 Å². The van der Waals surface area contributed by atoms with Gasteiger partial charge in [0.05, 0.1) is 12.7 Å². The highest BCUT2D eigenvalue weighted by Crippen LogP contribution is 2.36. The van der Waals surface area contributed by atoms with E-state index < -0.39 is 38.6 Å². The van der Waals surface area contributed by atoms with Crippen molar-refractivity contribution in [2.24, 2.45) is 0 Å². The molecule has 50 heavy (non-hydrogen) atoms. The molecule has 9 nitrogen and oxygen atoms in total. The summed E-state index contributed by atoms with van der Waals surface area (Å²) in [4.78, 5) is 42.8. The number of aliphatic hydroxyl groups excluding tert-OH is 1. The summed E-state index contributed by atoms with van der Waals surface area (Å²) in [7, 11) is -4.78. The number of aliphatic hydroxyl groups is 1. The van der Waals surface area contributed by atoms with E-state index in [0.29, 0.717) is 19.3 Å². The summed E-state index contributed by atoms with van der Waals surface area (Å²) >= 11 is 0. The van der Waals surface area contributed by atoms with E-state index in [0.717, 1.165) is 51.4 Å². The van der Waals surface area contributed by atoms with Gasteiger partial charge in [-0.25, -0.2) is 4.57 Å². The van der Waals surface area contributed by atoms with Gasteiger partial charge >= 0.3 is 19.8 Å². The summed E-state index contributed by atoms with van der Waals surface area (Å²) in [5.41, 5.74) is 0. The van der Waals surface area contributed by atoms with Crippen LogP contribution in [0, 0.1) is 0 Å². The van der Waals surface area contributed by atoms with Gasteiger partial charge < -0.3 is 24.4 Å².